The molecular formula is C18H22N2O. The first kappa shape index (κ1) is 15.1. The standard InChI is InChI=1S/C18H22N2O/c1-13-9-14(2)11-16(10-13)18(21)19-12-15-5-7-17(8-6-15)20(3)4/h5-11H,12H2,1-4H3,(H,19,21). The van der Waals surface area contributed by atoms with Gasteiger partial charge in [-0.1, -0.05) is 29.3 Å². The van der Waals surface area contributed by atoms with Crippen molar-refractivity contribution < 1.29 is 4.79 Å². The molecule has 0 aromatic heterocycles. The summed E-state index contributed by atoms with van der Waals surface area (Å²) in [5.41, 5.74) is 5.18. The molecule has 21 heavy (non-hydrogen) atoms. The summed E-state index contributed by atoms with van der Waals surface area (Å²) in [4.78, 5) is 14.2. The fourth-order valence-corrected chi connectivity index (χ4v) is 2.30. The molecule has 0 aliphatic heterocycles. The Morgan fingerprint density at radius 3 is 2.10 bits per heavy atom. The van der Waals surface area contributed by atoms with Crippen LogP contribution in [0.1, 0.15) is 27.0 Å². The third kappa shape index (κ3) is 4.09. The minimum Gasteiger partial charge on any atom is -0.378 e. The number of amides is 1. The average molecular weight is 282 g/mol. The van der Waals surface area contributed by atoms with Gasteiger partial charge in [0, 0.05) is 31.9 Å². The highest BCUT2D eigenvalue weighted by atomic mass is 16.1. The van der Waals surface area contributed by atoms with Gasteiger partial charge in [0.15, 0.2) is 0 Å². The predicted molar refractivity (Wildman–Crippen MR) is 87.9 cm³/mol. The molecule has 0 atom stereocenters. The normalized spacial score (nSPS) is 10.3. The maximum Gasteiger partial charge on any atom is 0.251 e. The highest BCUT2D eigenvalue weighted by molar-refractivity contribution is 5.94. The van der Waals surface area contributed by atoms with Crippen molar-refractivity contribution in [1.29, 1.82) is 0 Å². The van der Waals surface area contributed by atoms with Crippen LogP contribution < -0.4 is 10.2 Å². The number of nitrogens with zero attached hydrogens (tertiary/aromatic N) is 1. The van der Waals surface area contributed by atoms with Crippen molar-refractivity contribution in [2.75, 3.05) is 19.0 Å². The molecule has 2 rings (SSSR count). The number of aryl methyl sites for hydroxylation is 2. The molecule has 0 radical (unpaired) electrons. The van der Waals surface area contributed by atoms with Crippen molar-refractivity contribution in [1.82, 2.24) is 5.32 Å². The van der Waals surface area contributed by atoms with Crippen LogP contribution in [-0.4, -0.2) is 20.0 Å². The van der Waals surface area contributed by atoms with Crippen LogP contribution in [0.15, 0.2) is 42.5 Å². The number of nitrogens with one attached hydrogen (secondary N) is 1. The lowest BCUT2D eigenvalue weighted by atomic mass is 10.1. The maximum absolute atomic E-state index is 12.2. The Kier molecular flexibility index (Phi) is 4.63. The lowest BCUT2D eigenvalue weighted by molar-refractivity contribution is 0.0950. The zero-order valence-corrected chi connectivity index (χ0v) is 13.1. The summed E-state index contributed by atoms with van der Waals surface area (Å²) in [7, 11) is 4.02. The molecule has 0 unspecified atom stereocenters. The number of carbonyl (C=O) groups excluding carboxylic acids is 1. The highest BCUT2D eigenvalue weighted by Crippen LogP contribution is 2.13. The summed E-state index contributed by atoms with van der Waals surface area (Å²) in [6, 6.07) is 14.1. The summed E-state index contributed by atoms with van der Waals surface area (Å²) in [5, 5.41) is 2.97. The fourth-order valence-electron chi connectivity index (χ4n) is 2.30. The first-order valence-electron chi connectivity index (χ1n) is 7.08. The largest absolute Gasteiger partial charge is 0.378 e. The minimum atomic E-state index is -0.0292. The maximum atomic E-state index is 12.2. The Labute approximate surface area is 126 Å². The van der Waals surface area contributed by atoms with E-state index in [0.717, 1.165) is 27.9 Å². The zero-order valence-electron chi connectivity index (χ0n) is 13.1. The van der Waals surface area contributed by atoms with Crippen LogP contribution in [0.25, 0.3) is 0 Å². The second-order valence-electron chi connectivity index (χ2n) is 5.62. The first-order chi connectivity index (χ1) is 9.95. The molecule has 0 aliphatic carbocycles. The van der Waals surface area contributed by atoms with E-state index in [4.69, 9.17) is 0 Å². The molecule has 0 fully saturated rings. The van der Waals surface area contributed by atoms with Crippen LogP contribution in [-0.2, 0) is 6.54 Å². The number of rotatable bonds is 4. The molecule has 2 aromatic rings. The van der Waals surface area contributed by atoms with Crippen molar-refractivity contribution in [3.05, 3.63) is 64.7 Å². The van der Waals surface area contributed by atoms with E-state index < -0.39 is 0 Å². The second kappa shape index (κ2) is 6.44. The van der Waals surface area contributed by atoms with Crippen LogP contribution in [0.4, 0.5) is 5.69 Å². The molecule has 0 spiro atoms. The highest BCUT2D eigenvalue weighted by Gasteiger charge is 2.06. The molecule has 0 aliphatic rings. The van der Waals surface area contributed by atoms with Crippen LogP contribution in [0, 0.1) is 13.8 Å². The molecule has 0 saturated carbocycles. The van der Waals surface area contributed by atoms with Gasteiger partial charge in [0.25, 0.3) is 5.91 Å². The lowest BCUT2D eigenvalue weighted by Crippen LogP contribution is -2.23. The molecule has 3 nitrogen and oxygen atoms in total. The molecule has 3 heteroatoms. The van der Waals surface area contributed by atoms with E-state index in [1.165, 1.54) is 0 Å². The van der Waals surface area contributed by atoms with Crippen LogP contribution in [0.2, 0.25) is 0 Å². The van der Waals surface area contributed by atoms with Crippen LogP contribution in [0.3, 0.4) is 0 Å². The quantitative estimate of drug-likeness (QED) is 0.933. The van der Waals surface area contributed by atoms with Crippen molar-refractivity contribution in [3.63, 3.8) is 0 Å². The third-order valence-electron chi connectivity index (χ3n) is 3.39. The van der Waals surface area contributed by atoms with Crippen molar-refractivity contribution in [2.45, 2.75) is 20.4 Å². The van der Waals surface area contributed by atoms with Crippen molar-refractivity contribution in [3.8, 4) is 0 Å². The van der Waals surface area contributed by atoms with Gasteiger partial charge in [-0.25, -0.2) is 0 Å². The molecule has 0 saturated heterocycles. The molecule has 1 amide bonds. The summed E-state index contributed by atoms with van der Waals surface area (Å²) in [6.45, 7) is 4.55. The van der Waals surface area contributed by atoms with Gasteiger partial charge in [0.1, 0.15) is 0 Å². The molecule has 0 bridgehead atoms. The molecule has 110 valence electrons. The average Bonchev–Trinajstić information content (AvgIpc) is 2.44. The van der Waals surface area contributed by atoms with Crippen molar-refractivity contribution >= 4 is 11.6 Å². The fraction of sp³-hybridized carbons (Fsp3) is 0.278. The van der Waals surface area contributed by atoms with E-state index in [0.29, 0.717) is 6.54 Å². The van der Waals surface area contributed by atoms with Crippen LogP contribution in [0.5, 0.6) is 0 Å². The van der Waals surface area contributed by atoms with Gasteiger partial charge in [-0.15, -0.1) is 0 Å². The Balaban J connectivity index is 2.00. The molecule has 1 N–H and O–H groups in total. The predicted octanol–water partition coefficient (Wildman–Crippen LogP) is 3.30. The molecular weight excluding hydrogens is 260 g/mol. The van der Waals surface area contributed by atoms with Gasteiger partial charge in [-0.2, -0.15) is 0 Å². The lowest BCUT2D eigenvalue weighted by Gasteiger charge is -2.13. The van der Waals surface area contributed by atoms with E-state index in [1.807, 2.05) is 52.2 Å². The Morgan fingerprint density at radius 2 is 1.57 bits per heavy atom. The minimum absolute atomic E-state index is 0.0292. The SMILES string of the molecule is Cc1cc(C)cc(C(=O)NCc2ccc(N(C)C)cc2)c1. The van der Waals surface area contributed by atoms with E-state index in [1.54, 1.807) is 0 Å². The summed E-state index contributed by atoms with van der Waals surface area (Å²) < 4.78 is 0. The summed E-state index contributed by atoms with van der Waals surface area (Å²) in [6.07, 6.45) is 0. The number of benzene rings is 2. The Hall–Kier alpha value is -2.29. The van der Waals surface area contributed by atoms with Gasteiger partial charge in [0.05, 0.1) is 0 Å². The molecule has 0 heterocycles. The van der Waals surface area contributed by atoms with Gasteiger partial charge < -0.3 is 10.2 Å². The molecule has 2 aromatic carbocycles. The summed E-state index contributed by atoms with van der Waals surface area (Å²) in [5.74, 6) is -0.0292. The Bertz CT molecular complexity index is 610. The first-order valence-corrected chi connectivity index (χ1v) is 7.08. The number of hydrogen-bond donors (Lipinski definition) is 1. The van der Waals surface area contributed by atoms with Crippen molar-refractivity contribution in [2.24, 2.45) is 0 Å². The Morgan fingerprint density at radius 1 is 1.00 bits per heavy atom. The van der Waals surface area contributed by atoms with E-state index in [2.05, 4.69) is 28.4 Å². The number of anilines is 1. The number of carbonyl (C=O) groups is 1. The van der Waals surface area contributed by atoms with Crippen LogP contribution >= 0.6 is 0 Å². The van der Waals surface area contributed by atoms with E-state index >= 15 is 0 Å². The smallest absolute Gasteiger partial charge is 0.251 e. The van der Waals surface area contributed by atoms with Gasteiger partial charge >= 0.3 is 0 Å². The topological polar surface area (TPSA) is 32.3 Å². The second-order valence-corrected chi connectivity index (χ2v) is 5.62. The third-order valence-corrected chi connectivity index (χ3v) is 3.39. The summed E-state index contributed by atoms with van der Waals surface area (Å²) >= 11 is 0. The zero-order chi connectivity index (χ0) is 15.4. The van der Waals surface area contributed by atoms with Gasteiger partial charge in [-0.3, -0.25) is 4.79 Å². The monoisotopic (exact) mass is 282 g/mol. The van der Waals surface area contributed by atoms with E-state index in [-0.39, 0.29) is 5.91 Å². The van der Waals surface area contributed by atoms with Gasteiger partial charge in [0.2, 0.25) is 0 Å². The number of hydrogen-bond acceptors (Lipinski definition) is 2. The van der Waals surface area contributed by atoms with Gasteiger partial charge in [-0.05, 0) is 43.7 Å². The van der Waals surface area contributed by atoms with E-state index in [9.17, 15) is 4.79 Å².